The number of carbonyl (C=O) groups excluding carboxylic acids is 1. The number of nitrogens with one attached hydrogen (secondary N) is 1. The molecule has 0 spiro atoms. The van der Waals surface area contributed by atoms with E-state index in [4.69, 9.17) is 0 Å². The summed E-state index contributed by atoms with van der Waals surface area (Å²) in [4.78, 5) is 21.0. The van der Waals surface area contributed by atoms with Gasteiger partial charge in [0.25, 0.3) is 5.91 Å². The molecule has 0 bridgehead atoms. The van der Waals surface area contributed by atoms with E-state index in [1.165, 1.54) is 0 Å². The molecule has 0 aliphatic carbocycles. The smallest absolute Gasteiger partial charge is 0.260 e. The summed E-state index contributed by atoms with van der Waals surface area (Å²) >= 11 is 0. The summed E-state index contributed by atoms with van der Waals surface area (Å²) in [6.07, 6.45) is 3.64. The van der Waals surface area contributed by atoms with Gasteiger partial charge in [-0.3, -0.25) is 9.48 Å². The number of fused-ring (bicyclic) bond motifs is 2. The fourth-order valence-electron chi connectivity index (χ4n) is 3.26. The molecule has 1 amide bonds. The van der Waals surface area contributed by atoms with E-state index < -0.39 is 0 Å². The molecule has 2 aromatic heterocycles. The SMILES string of the molecule is Cc1nn(C)cc1Nc1cc2c(cn1)N(C)C(=O)c1ccccc1N2C. The molecular formula is C19H20N6O. The number of pyridine rings is 1. The molecule has 3 heterocycles. The van der Waals surface area contributed by atoms with Gasteiger partial charge in [0.2, 0.25) is 0 Å². The molecule has 1 aliphatic heterocycles. The maximum absolute atomic E-state index is 12.8. The molecule has 0 unspecified atom stereocenters. The van der Waals surface area contributed by atoms with E-state index in [9.17, 15) is 4.79 Å². The molecular weight excluding hydrogens is 328 g/mol. The van der Waals surface area contributed by atoms with Gasteiger partial charge in [-0.05, 0) is 19.1 Å². The monoisotopic (exact) mass is 348 g/mol. The summed E-state index contributed by atoms with van der Waals surface area (Å²) < 4.78 is 1.76. The molecule has 0 saturated heterocycles. The summed E-state index contributed by atoms with van der Waals surface area (Å²) in [6.45, 7) is 1.95. The van der Waals surface area contributed by atoms with Crippen molar-refractivity contribution >= 4 is 34.5 Å². The molecule has 0 radical (unpaired) electrons. The molecule has 0 fully saturated rings. The second kappa shape index (κ2) is 5.87. The minimum atomic E-state index is -0.0446. The highest BCUT2D eigenvalue weighted by molar-refractivity contribution is 6.13. The Balaban J connectivity index is 1.80. The standard InChI is InChI=1S/C19H20N6O/c1-12-14(11-23(2)22-12)21-18-9-16-17(10-20-18)25(4)19(26)13-7-5-6-8-15(13)24(16)3/h5-11H,1-4H3,(H,20,21). The Morgan fingerprint density at radius 2 is 1.77 bits per heavy atom. The molecule has 1 aromatic carbocycles. The Morgan fingerprint density at radius 3 is 2.50 bits per heavy atom. The number of rotatable bonds is 2. The van der Waals surface area contributed by atoms with Crippen molar-refractivity contribution in [1.82, 2.24) is 14.8 Å². The lowest BCUT2D eigenvalue weighted by atomic mass is 10.1. The van der Waals surface area contributed by atoms with Crippen molar-refractivity contribution in [3.05, 3.63) is 54.0 Å². The number of anilines is 5. The van der Waals surface area contributed by atoms with Gasteiger partial charge in [-0.2, -0.15) is 5.10 Å². The topological polar surface area (TPSA) is 66.3 Å². The highest BCUT2D eigenvalue weighted by atomic mass is 16.2. The Labute approximate surface area is 151 Å². The zero-order valence-corrected chi connectivity index (χ0v) is 15.2. The van der Waals surface area contributed by atoms with Gasteiger partial charge in [0.15, 0.2) is 0 Å². The zero-order chi connectivity index (χ0) is 18.4. The predicted octanol–water partition coefficient (Wildman–Crippen LogP) is 3.23. The molecule has 0 saturated carbocycles. The van der Waals surface area contributed by atoms with Gasteiger partial charge in [0.1, 0.15) is 5.82 Å². The van der Waals surface area contributed by atoms with Crippen LogP contribution in [0.2, 0.25) is 0 Å². The van der Waals surface area contributed by atoms with Gasteiger partial charge in [0.05, 0.1) is 40.2 Å². The van der Waals surface area contributed by atoms with Crippen LogP contribution >= 0.6 is 0 Å². The number of para-hydroxylation sites is 1. The molecule has 1 N–H and O–H groups in total. The first kappa shape index (κ1) is 16.1. The number of hydrogen-bond acceptors (Lipinski definition) is 5. The van der Waals surface area contributed by atoms with E-state index in [1.807, 2.05) is 62.4 Å². The first-order chi connectivity index (χ1) is 12.5. The predicted molar refractivity (Wildman–Crippen MR) is 103 cm³/mol. The van der Waals surface area contributed by atoms with Crippen molar-refractivity contribution in [2.75, 3.05) is 29.2 Å². The molecule has 4 rings (SSSR count). The largest absolute Gasteiger partial charge is 0.342 e. The van der Waals surface area contributed by atoms with Crippen LogP contribution in [0.4, 0.5) is 28.6 Å². The summed E-state index contributed by atoms with van der Waals surface area (Å²) in [6, 6.07) is 9.57. The lowest BCUT2D eigenvalue weighted by Crippen LogP contribution is -2.25. The number of benzene rings is 1. The van der Waals surface area contributed by atoms with Gasteiger partial charge in [-0.1, -0.05) is 12.1 Å². The Kier molecular flexibility index (Phi) is 3.64. The Bertz CT molecular complexity index is 1010. The van der Waals surface area contributed by atoms with Gasteiger partial charge >= 0.3 is 0 Å². The number of hydrogen-bond donors (Lipinski definition) is 1. The van der Waals surface area contributed by atoms with Gasteiger partial charge < -0.3 is 15.1 Å². The van der Waals surface area contributed by atoms with Crippen LogP contribution in [0, 0.1) is 6.92 Å². The summed E-state index contributed by atoms with van der Waals surface area (Å²) in [5.74, 6) is 0.656. The average Bonchev–Trinajstić information content (AvgIpc) is 2.93. The highest BCUT2D eigenvalue weighted by Crippen LogP contribution is 2.40. The number of aryl methyl sites for hydroxylation is 2. The quantitative estimate of drug-likeness (QED) is 0.770. The van der Waals surface area contributed by atoms with Crippen LogP contribution < -0.4 is 15.1 Å². The Hall–Kier alpha value is -3.35. The minimum Gasteiger partial charge on any atom is -0.342 e. The number of nitrogens with zero attached hydrogens (tertiary/aromatic N) is 5. The Morgan fingerprint density at radius 1 is 1.00 bits per heavy atom. The van der Waals surface area contributed by atoms with Crippen LogP contribution in [-0.2, 0) is 7.05 Å². The van der Waals surface area contributed by atoms with Crippen molar-refractivity contribution in [3.63, 3.8) is 0 Å². The van der Waals surface area contributed by atoms with Gasteiger partial charge in [-0.15, -0.1) is 0 Å². The van der Waals surface area contributed by atoms with E-state index in [0.29, 0.717) is 11.4 Å². The van der Waals surface area contributed by atoms with Crippen LogP contribution in [-0.4, -0.2) is 34.8 Å². The molecule has 26 heavy (non-hydrogen) atoms. The molecule has 132 valence electrons. The lowest BCUT2D eigenvalue weighted by molar-refractivity contribution is 0.0994. The summed E-state index contributed by atoms with van der Waals surface area (Å²) in [5.41, 5.74) is 5.02. The molecule has 0 atom stereocenters. The normalized spacial score (nSPS) is 13.3. The van der Waals surface area contributed by atoms with Crippen molar-refractivity contribution in [3.8, 4) is 0 Å². The lowest BCUT2D eigenvalue weighted by Gasteiger charge is -2.22. The van der Waals surface area contributed by atoms with Crippen LogP contribution in [0.15, 0.2) is 42.7 Å². The zero-order valence-electron chi connectivity index (χ0n) is 15.2. The fraction of sp³-hybridized carbons (Fsp3) is 0.211. The molecule has 1 aliphatic rings. The van der Waals surface area contributed by atoms with E-state index in [2.05, 4.69) is 15.4 Å². The van der Waals surface area contributed by atoms with Gasteiger partial charge in [0, 0.05) is 33.4 Å². The van der Waals surface area contributed by atoms with Crippen molar-refractivity contribution in [2.45, 2.75) is 6.92 Å². The first-order valence-corrected chi connectivity index (χ1v) is 8.34. The second-order valence-corrected chi connectivity index (χ2v) is 6.43. The van der Waals surface area contributed by atoms with Crippen molar-refractivity contribution < 1.29 is 4.79 Å². The minimum absolute atomic E-state index is 0.0446. The van der Waals surface area contributed by atoms with E-state index in [0.717, 1.165) is 28.4 Å². The summed E-state index contributed by atoms with van der Waals surface area (Å²) in [7, 11) is 5.62. The fourth-order valence-corrected chi connectivity index (χ4v) is 3.26. The van der Waals surface area contributed by atoms with Gasteiger partial charge in [-0.25, -0.2) is 4.98 Å². The van der Waals surface area contributed by atoms with Crippen LogP contribution in [0.25, 0.3) is 0 Å². The maximum Gasteiger partial charge on any atom is 0.260 e. The van der Waals surface area contributed by atoms with Crippen molar-refractivity contribution in [2.24, 2.45) is 7.05 Å². The van der Waals surface area contributed by atoms with Crippen LogP contribution in [0.5, 0.6) is 0 Å². The molecule has 7 heteroatoms. The number of carbonyl (C=O) groups is 1. The summed E-state index contributed by atoms with van der Waals surface area (Å²) in [5, 5.41) is 7.65. The van der Waals surface area contributed by atoms with E-state index in [-0.39, 0.29) is 5.91 Å². The second-order valence-electron chi connectivity index (χ2n) is 6.43. The molecule has 7 nitrogen and oxygen atoms in total. The van der Waals surface area contributed by atoms with E-state index >= 15 is 0 Å². The third-order valence-electron chi connectivity index (χ3n) is 4.66. The van der Waals surface area contributed by atoms with Crippen LogP contribution in [0.1, 0.15) is 16.1 Å². The average molecular weight is 348 g/mol. The third-order valence-corrected chi connectivity index (χ3v) is 4.66. The molecule has 3 aromatic rings. The maximum atomic E-state index is 12.8. The highest BCUT2D eigenvalue weighted by Gasteiger charge is 2.27. The number of aromatic nitrogens is 3. The first-order valence-electron chi connectivity index (χ1n) is 8.34. The third kappa shape index (κ3) is 2.48. The van der Waals surface area contributed by atoms with Crippen LogP contribution in [0.3, 0.4) is 0 Å². The van der Waals surface area contributed by atoms with Crippen molar-refractivity contribution in [1.29, 1.82) is 0 Å². The number of amides is 1. The van der Waals surface area contributed by atoms with E-state index in [1.54, 1.807) is 22.8 Å².